The van der Waals surface area contributed by atoms with E-state index < -0.39 is 10.3 Å². The van der Waals surface area contributed by atoms with Crippen molar-refractivity contribution in [2.24, 2.45) is 0 Å². The molecule has 0 spiro atoms. The highest BCUT2D eigenvalue weighted by molar-refractivity contribution is 7.87. The van der Waals surface area contributed by atoms with Crippen molar-refractivity contribution in [3.8, 4) is 5.75 Å². The van der Waals surface area contributed by atoms with Crippen LogP contribution in [0, 0.1) is 6.07 Å². The highest BCUT2D eigenvalue weighted by Gasteiger charge is 2.19. The first-order valence-electron chi connectivity index (χ1n) is 9.88. The third kappa shape index (κ3) is 7.04. The second kappa shape index (κ2) is 10.6. The van der Waals surface area contributed by atoms with Gasteiger partial charge in [0.1, 0.15) is 10.8 Å². The summed E-state index contributed by atoms with van der Waals surface area (Å²) in [7, 11) is -2.77. The number of nitrogens with one attached hydrogen (secondary N) is 2. The molecular formula is C22H24N3O5S2. The third-order valence-electron chi connectivity index (χ3n) is 4.61. The van der Waals surface area contributed by atoms with Crippen molar-refractivity contribution in [2.75, 3.05) is 11.8 Å². The molecule has 3 aromatic rings. The van der Waals surface area contributed by atoms with Gasteiger partial charge < -0.3 is 10.1 Å². The highest BCUT2D eigenvalue weighted by atomic mass is 32.2. The Morgan fingerprint density at radius 1 is 1.31 bits per heavy atom. The highest BCUT2D eigenvalue weighted by Crippen LogP contribution is 2.24. The van der Waals surface area contributed by atoms with Crippen LogP contribution in [-0.4, -0.2) is 31.0 Å². The predicted octanol–water partition coefficient (Wildman–Crippen LogP) is 3.37. The van der Waals surface area contributed by atoms with Gasteiger partial charge in [-0.1, -0.05) is 25.1 Å². The first-order chi connectivity index (χ1) is 15.3. The molecule has 0 aliphatic rings. The Balaban J connectivity index is 1.75. The number of amides is 1. The van der Waals surface area contributed by atoms with Crippen molar-refractivity contribution in [3.05, 3.63) is 75.7 Å². The van der Waals surface area contributed by atoms with Crippen molar-refractivity contribution in [2.45, 2.75) is 32.2 Å². The van der Waals surface area contributed by atoms with Gasteiger partial charge >= 0.3 is 10.3 Å². The van der Waals surface area contributed by atoms with Gasteiger partial charge in [-0.15, -0.1) is 11.3 Å². The van der Waals surface area contributed by atoms with Crippen molar-refractivity contribution >= 4 is 33.2 Å². The summed E-state index contributed by atoms with van der Waals surface area (Å²) in [5.74, 6) is 0.536. The molecule has 3 N–H and O–H groups in total. The summed E-state index contributed by atoms with van der Waals surface area (Å²) in [6, 6.07) is 14.6. The number of anilines is 1. The quantitative estimate of drug-likeness (QED) is 0.388. The Bertz CT molecular complexity index is 1160. The van der Waals surface area contributed by atoms with Gasteiger partial charge in [-0.2, -0.15) is 8.42 Å². The molecule has 1 aromatic heterocycles. The predicted molar refractivity (Wildman–Crippen MR) is 123 cm³/mol. The van der Waals surface area contributed by atoms with E-state index >= 15 is 0 Å². The normalized spacial score (nSPS) is 12.2. The van der Waals surface area contributed by atoms with Gasteiger partial charge in [0.05, 0.1) is 31.0 Å². The SMILES string of the molecule is CCc1csc(C(Cc2[c]cc(NS(=O)(=O)O)cc2)NC(=O)Cc2cccc(OC)c2)n1. The average Bonchev–Trinajstić information content (AvgIpc) is 3.23. The number of methoxy groups -OCH3 is 1. The number of hydrogen-bond acceptors (Lipinski definition) is 6. The summed E-state index contributed by atoms with van der Waals surface area (Å²) in [5, 5.41) is 5.81. The van der Waals surface area contributed by atoms with E-state index in [2.05, 4.69) is 16.4 Å². The summed E-state index contributed by atoms with van der Waals surface area (Å²) in [5.41, 5.74) is 2.73. The number of rotatable bonds is 10. The van der Waals surface area contributed by atoms with E-state index in [1.807, 2.05) is 41.3 Å². The van der Waals surface area contributed by atoms with Crippen LogP contribution in [0.25, 0.3) is 0 Å². The lowest BCUT2D eigenvalue weighted by atomic mass is 10.0. The fraction of sp³-hybridized carbons (Fsp3) is 0.273. The molecule has 0 aliphatic carbocycles. The lowest BCUT2D eigenvalue weighted by Crippen LogP contribution is -2.31. The maximum atomic E-state index is 12.8. The minimum atomic E-state index is -4.35. The van der Waals surface area contributed by atoms with Gasteiger partial charge in [0.2, 0.25) is 5.91 Å². The molecule has 1 amide bonds. The van der Waals surface area contributed by atoms with Crippen molar-refractivity contribution in [1.29, 1.82) is 0 Å². The molecule has 1 heterocycles. The minimum Gasteiger partial charge on any atom is -0.497 e. The maximum absolute atomic E-state index is 12.8. The van der Waals surface area contributed by atoms with E-state index in [0.29, 0.717) is 12.2 Å². The number of aryl methyl sites for hydroxylation is 1. The average molecular weight is 475 g/mol. The summed E-state index contributed by atoms with van der Waals surface area (Å²) in [6.45, 7) is 2.02. The Morgan fingerprint density at radius 3 is 2.75 bits per heavy atom. The third-order valence-corrected chi connectivity index (χ3v) is 6.11. The molecule has 3 rings (SSSR count). The molecule has 1 radical (unpaired) electrons. The van der Waals surface area contributed by atoms with E-state index in [9.17, 15) is 13.2 Å². The van der Waals surface area contributed by atoms with E-state index in [-0.39, 0.29) is 24.1 Å². The van der Waals surface area contributed by atoms with Crippen LogP contribution in [0.1, 0.15) is 34.8 Å². The van der Waals surface area contributed by atoms with Crippen LogP contribution in [0.15, 0.2) is 47.8 Å². The van der Waals surface area contributed by atoms with Gasteiger partial charge in [0.25, 0.3) is 0 Å². The van der Waals surface area contributed by atoms with Crippen LogP contribution in [-0.2, 0) is 34.4 Å². The topological polar surface area (TPSA) is 118 Å². The number of ether oxygens (including phenoxy) is 1. The second-order valence-electron chi connectivity index (χ2n) is 7.06. The number of carbonyl (C=O) groups is 1. The molecule has 8 nitrogen and oxygen atoms in total. The largest absolute Gasteiger partial charge is 0.497 e. The molecule has 0 saturated carbocycles. The zero-order valence-corrected chi connectivity index (χ0v) is 19.3. The summed E-state index contributed by atoms with van der Waals surface area (Å²) < 4.78 is 38.0. The van der Waals surface area contributed by atoms with Crippen LogP contribution in [0.5, 0.6) is 5.75 Å². The number of aromatic nitrogens is 1. The molecule has 1 unspecified atom stereocenters. The molecule has 0 saturated heterocycles. The van der Waals surface area contributed by atoms with Crippen LogP contribution in [0.3, 0.4) is 0 Å². The Hall–Kier alpha value is -2.95. The standard InChI is InChI=1S/C22H24N3O5S2/c1-3-17-14-31-22(23-17)20(12-15-7-9-18(10-8-15)25-32(27,28)29)24-21(26)13-16-5-4-6-19(11-16)30-2/h4-7,9-11,14,20,25H,3,12-13H2,1-2H3,(H,24,26)(H,27,28,29). The van der Waals surface area contributed by atoms with Gasteiger partial charge in [-0.05, 0) is 54.3 Å². The van der Waals surface area contributed by atoms with Gasteiger partial charge in [0, 0.05) is 5.38 Å². The van der Waals surface area contributed by atoms with Crippen LogP contribution in [0.2, 0.25) is 0 Å². The summed E-state index contributed by atoms with van der Waals surface area (Å²) >= 11 is 1.48. The van der Waals surface area contributed by atoms with Gasteiger partial charge in [-0.25, -0.2) is 4.98 Å². The molecule has 0 bridgehead atoms. The van der Waals surface area contributed by atoms with Crippen LogP contribution < -0.4 is 14.8 Å². The van der Waals surface area contributed by atoms with Crippen molar-refractivity contribution in [3.63, 3.8) is 0 Å². The minimum absolute atomic E-state index is 0.152. The van der Waals surface area contributed by atoms with Crippen molar-refractivity contribution < 1.29 is 22.5 Å². The second-order valence-corrected chi connectivity index (χ2v) is 9.11. The smallest absolute Gasteiger partial charge is 0.357 e. The van der Waals surface area contributed by atoms with E-state index in [4.69, 9.17) is 9.29 Å². The van der Waals surface area contributed by atoms with Gasteiger partial charge in [0.15, 0.2) is 0 Å². The molecule has 0 fully saturated rings. The Kier molecular flexibility index (Phi) is 7.84. The lowest BCUT2D eigenvalue weighted by Gasteiger charge is -2.17. The molecule has 2 aromatic carbocycles. The Morgan fingerprint density at radius 2 is 2.12 bits per heavy atom. The van der Waals surface area contributed by atoms with Crippen LogP contribution in [0.4, 0.5) is 5.69 Å². The zero-order valence-electron chi connectivity index (χ0n) is 17.7. The first-order valence-corrected chi connectivity index (χ1v) is 12.2. The number of nitrogens with zero attached hydrogens (tertiary/aromatic N) is 1. The fourth-order valence-corrected chi connectivity index (χ4v) is 4.45. The van der Waals surface area contributed by atoms with Crippen LogP contribution >= 0.6 is 11.3 Å². The summed E-state index contributed by atoms with van der Waals surface area (Å²) in [6.07, 6.45) is 1.41. The lowest BCUT2D eigenvalue weighted by molar-refractivity contribution is -0.121. The zero-order chi connectivity index (χ0) is 23.1. The van der Waals surface area contributed by atoms with E-state index in [0.717, 1.165) is 28.2 Å². The molecule has 1 atom stereocenters. The summed E-state index contributed by atoms with van der Waals surface area (Å²) in [4.78, 5) is 17.4. The van der Waals surface area contributed by atoms with Gasteiger partial charge in [-0.3, -0.25) is 14.1 Å². The Labute approximate surface area is 191 Å². The molecule has 0 aliphatic heterocycles. The first kappa shape index (κ1) is 23.7. The van der Waals surface area contributed by atoms with Crippen molar-refractivity contribution in [1.82, 2.24) is 10.3 Å². The number of hydrogen-bond donors (Lipinski definition) is 3. The fourth-order valence-electron chi connectivity index (χ4n) is 3.07. The molecule has 169 valence electrons. The number of benzene rings is 2. The molecule has 32 heavy (non-hydrogen) atoms. The monoisotopic (exact) mass is 474 g/mol. The van der Waals surface area contributed by atoms with E-state index in [1.165, 1.54) is 23.5 Å². The molecular weight excluding hydrogens is 450 g/mol. The molecule has 10 heteroatoms. The number of carbonyl (C=O) groups excluding carboxylic acids is 1. The van der Waals surface area contributed by atoms with E-state index in [1.54, 1.807) is 13.2 Å². The number of thiazole rings is 1. The maximum Gasteiger partial charge on any atom is 0.357 e.